The van der Waals surface area contributed by atoms with Crippen LogP contribution in [0.2, 0.25) is 0 Å². The second-order valence-corrected chi connectivity index (χ2v) is 8.65. The number of piperidine rings is 1. The lowest BCUT2D eigenvalue weighted by molar-refractivity contribution is 0.0784. The highest BCUT2D eigenvalue weighted by atomic mass is 16.2. The van der Waals surface area contributed by atoms with E-state index in [9.17, 15) is 4.79 Å². The van der Waals surface area contributed by atoms with Crippen LogP contribution in [0.25, 0.3) is 11.1 Å². The van der Waals surface area contributed by atoms with Crippen molar-refractivity contribution in [2.24, 2.45) is 0 Å². The molecule has 5 rings (SSSR count). The predicted octanol–water partition coefficient (Wildman–Crippen LogP) is 2.77. The van der Waals surface area contributed by atoms with Crippen LogP contribution < -0.4 is 10.6 Å². The molecule has 0 bridgehead atoms. The van der Waals surface area contributed by atoms with Gasteiger partial charge < -0.3 is 15.5 Å². The monoisotopic (exact) mass is 432 g/mol. The molecule has 166 valence electrons. The lowest BCUT2D eigenvalue weighted by Gasteiger charge is -2.27. The molecule has 3 N–H and O–H groups in total. The van der Waals surface area contributed by atoms with Crippen LogP contribution in [0.3, 0.4) is 0 Å². The van der Waals surface area contributed by atoms with Crippen molar-refractivity contribution in [3.63, 3.8) is 0 Å². The fourth-order valence-electron chi connectivity index (χ4n) is 4.69. The molecule has 0 aliphatic carbocycles. The van der Waals surface area contributed by atoms with Crippen molar-refractivity contribution in [3.05, 3.63) is 47.7 Å². The Morgan fingerprint density at radius 3 is 2.81 bits per heavy atom. The zero-order valence-electron chi connectivity index (χ0n) is 18.3. The highest BCUT2D eigenvalue weighted by Gasteiger charge is 2.31. The van der Waals surface area contributed by atoms with Crippen LogP contribution in [0.4, 0.5) is 11.8 Å². The molecule has 32 heavy (non-hydrogen) atoms. The molecule has 2 saturated heterocycles. The number of carbonyl (C=O) groups is 1. The molecule has 2 aliphatic rings. The number of rotatable bonds is 4. The van der Waals surface area contributed by atoms with Gasteiger partial charge in [-0.3, -0.25) is 9.89 Å². The molecule has 1 atom stereocenters. The minimum Gasteiger partial charge on any atom is -0.384 e. The van der Waals surface area contributed by atoms with Crippen molar-refractivity contribution in [2.75, 3.05) is 36.8 Å². The highest BCUT2D eigenvalue weighted by Crippen LogP contribution is 2.34. The van der Waals surface area contributed by atoms with Gasteiger partial charge in [0.15, 0.2) is 0 Å². The third kappa shape index (κ3) is 4.02. The van der Waals surface area contributed by atoms with Gasteiger partial charge >= 0.3 is 0 Å². The third-order valence-corrected chi connectivity index (χ3v) is 6.35. The van der Waals surface area contributed by atoms with E-state index in [0.29, 0.717) is 30.5 Å². The Labute approximate surface area is 187 Å². The number of carbonyl (C=O) groups excluding carboxylic acids is 1. The second-order valence-electron chi connectivity index (χ2n) is 8.65. The quantitative estimate of drug-likeness (QED) is 0.651. The van der Waals surface area contributed by atoms with Gasteiger partial charge in [0.05, 0.1) is 6.20 Å². The van der Waals surface area contributed by atoms with Gasteiger partial charge in [0.25, 0.3) is 5.91 Å². The van der Waals surface area contributed by atoms with E-state index in [1.807, 2.05) is 30.2 Å². The molecule has 0 spiro atoms. The summed E-state index contributed by atoms with van der Waals surface area (Å²) in [6.45, 7) is 5.13. The van der Waals surface area contributed by atoms with Gasteiger partial charge in [0.1, 0.15) is 11.5 Å². The number of aromatic amines is 1. The van der Waals surface area contributed by atoms with Gasteiger partial charge in [-0.2, -0.15) is 5.10 Å². The van der Waals surface area contributed by atoms with Crippen LogP contribution in [0.15, 0.2) is 30.6 Å². The normalized spacial score (nSPS) is 18.8. The summed E-state index contributed by atoms with van der Waals surface area (Å²) in [5.41, 5.74) is 10.2. The van der Waals surface area contributed by atoms with E-state index in [-0.39, 0.29) is 11.8 Å². The summed E-state index contributed by atoms with van der Waals surface area (Å²) in [7, 11) is 0. The molecular weight excluding hydrogens is 404 g/mol. The van der Waals surface area contributed by atoms with Crippen LogP contribution in [0.1, 0.15) is 53.5 Å². The maximum atomic E-state index is 13.3. The van der Waals surface area contributed by atoms with Crippen molar-refractivity contribution in [2.45, 2.75) is 38.5 Å². The number of hydrogen-bond donors (Lipinski definition) is 2. The Bertz CT molecular complexity index is 1120. The average Bonchev–Trinajstić information content (AvgIpc) is 3.48. The fraction of sp³-hybridized carbons (Fsp3) is 0.435. The van der Waals surface area contributed by atoms with Crippen LogP contribution in [-0.2, 0) is 0 Å². The lowest BCUT2D eigenvalue weighted by Crippen LogP contribution is -2.33. The van der Waals surface area contributed by atoms with Gasteiger partial charge in [0, 0.05) is 55.2 Å². The Hall–Kier alpha value is -3.49. The molecule has 9 heteroatoms. The summed E-state index contributed by atoms with van der Waals surface area (Å²) in [5.74, 6) is 1.29. The summed E-state index contributed by atoms with van der Waals surface area (Å²) in [5, 5.41) is 7.40. The summed E-state index contributed by atoms with van der Waals surface area (Å²) >= 11 is 0. The molecule has 2 aliphatic heterocycles. The number of nitrogens with one attached hydrogen (secondary N) is 1. The van der Waals surface area contributed by atoms with Crippen LogP contribution in [0.5, 0.6) is 0 Å². The van der Waals surface area contributed by atoms with Gasteiger partial charge in [0.2, 0.25) is 5.95 Å². The molecule has 0 aromatic carbocycles. The van der Waals surface area contributed by atoms with E-state index in [0.717, 1.165) is 54.9 Å². The fourth-order valence-corrected chi connectivity index (χ4v) is 4.69. The van der Waals surface area contributed by atoms with Crippen molar-refractivity contribution in [3.8, 4) is 11.1 Å². The van der Waals surface area contributed by atoms with E-state index in [1.165, 1.54) is 6.42 Å². The number of hydrogen-bond acceptors (Lipinski definition) is 7. The number of anilines is 2. The second kappa shape index (κ2) is 8.57. The molecule has 0 saturated carbocycles. The minimum absolute atomic E-state index is 0.0366. The summed E-state index contributed by atoms with van der Waals surface area (Å²) in [6, 6.07) is 5.57. The first-order valence-electron chi connectivity index (χ1n) is 11.2. The molecule has 0 unspecified atom stereocenters. The maximum Gasteiger partial charge on any atom is 0.272 e. The largest absolute Gasteiger partial charge is 0.384 e. The van der Waals surface area contributed by atoms with Crippen LogP contribution in [0, 0.1) is 6.92 Å². The zero-order valence-corrected chi connectivity index (χ0v) is 18.3. The number of nitrogens with two attached hydrogens (primary N) is 1. The lowest BCUT2D eigenvalue weighted by atomic mass is 9.97. The molecule has 9 nitrogen and oxygen atoms in total. The van der Waals surface area contributed by atoms with E-state index < -0.39 is 0 Å². The third-order valence-electron chi connectivity index (χ3n) is 6.35. The first kappa shape index (κ1) is 20.4. The van der Waals surface area contributed by atoms with Crippen molar-refractivity contribution >= 4 is 17.7 Å². The van der Waals surface area contributed by atoms with Crippen molar-refractivity contribution in [1.29, 1.82) is 0 Å². The van der Waals surface area contributed by atoms with E-state index in [1.54, 1.807) is 12.3 Å². The summed E-state index contributed by atoms with van der Waals surface area (Å²) < 4.78 is 0. The first-order valence-corrected chi connectivity index (χ1v) is 11.2. The molecule has 1 amide bonds. The Morgan fingerprint density at radius 1 is 1.16 bits per heavy atom. The Morgan fingerprint density at radius 2 is 2.00 bits per heavy atom. The van der Waals surface area contributed by atoms with E-state index >= 15 is 0 Å². The van der Waals surface area contributed by atoms with E-state index in [2.05, 4.69) is 30.0 Å². The standard InChI is InChI=1S/C23H28N8O/c1-15-11-19(28-23(27-15)30-8-3-2-4-9-30)22(32)31-10-6-17(14-31)21-18(13-26-29-21)16-5-7-25-20(24)12-16/h5,7,11-13,17H,2-4,6,8-10,14H2,1H3,(H2,24,25)(H,26,29)/t17-/m1/s1. The van der Waals surface area contributed by atoms with Crippen LogP contribution >= 0.6 is 0 Å². The smallest absolute Gasteiger partial charge is 0.272 e. The topological polar surface area (TPSA) is 117 Å². The SMILES string of the molecule is Cc1cc(C(=O)N2CC[C@@H](c3[nH]ncc3-c3ccnc(N)c3)C2)nc(N2CCCCC2)n1. The van der Waals surface area contributed by atoms with Gasteiger partial charge in [-0.05, 0) is 56.4 Å². The highest BCUT2D eigenvalue weighted by molar-refractivity contribution is 5.93. The number of aryl methyl sites for hydroxylation is 1. The van der Waals surface area contributed by atoms with Gasteiger partial charge in [-0.1, -0.05) is 0 Å². The average molecular weight is 433 g/mol. The predicted molar refractivity (Wildman–Crippen MR) is 122 cm³/mol. The molecule has 3 aromatic heterocycles. The number of pyridine rings is 1. The molecule has 3 aromatic rings. The summed E-state index contributed by atoms with van der Waals surface area (Å²) in [4.78, 5) is 30.7. The van der Waals surface area contributed by atoms with Gasteiger partial charge in [-0.25, -0.2) is 15.0 Å². The number of amides is 1. The van der Waals surface area contributed by atoms with Crippen molar-refractivity contribution in [1.82, 2.24) is 30.0 Å². The van der Waals surface area contributed by atoms with Crippen molar-refractivity contribution < 1.29 is 4.79 Å². The molecular formula is C23H28N8O. The first-order chi connectivity index (χ1) is 15.6. The Kier molecular flexibility index (Phi) is 5.46. The number of H-pyrrole nitrogens is 1. The number of nitrogen functional groups attached to an aromatic ring is 1. The Balaban J connectivity index is 1.34. The maximum absolute atomic E-state index is 13.3. The molecule has 2 fully saturated rings. The number of likely N-dealkylation sites (tertiary alicyclic amines) is 1. The number of nitrogens with zero attached hydrogens (tertiary/aromatic N) is 6. The minimum atomic E-state index is -0.0366. The molecule has 5 heterocycles. The zero-order chi connectivity index (χ0) is 22.1. The summed E-state index contributed by atoms with van der Waals surface area (Å²) in [6.07, 6.45) is 7.90. The van der Waals surface area contributed by atoms with Gasteiger partial charge in [-0.15, -0.1) is 0 Å². The van der Waals surface area contributed by atoms with E-state index in [4.69, 9.17) is 5.73 Å². The van der Waals surface area contributed by atoms with Crippen LogP contribution in [-0.4, -0.2) is 62.1 Å². The number of aromatic nitrogens is 5. The molecule has 0 radical (unpaired) electrons.